The van der Waals surface area contributed by atoms with Crippen LogP contribution in [-0.4, -0.2) is 56.4 Å². The van der Waals surface area contributed by atoms with Gasteiger partial charge in [0.2, 0.25) is 0 Å². The number of halogens is 3. The number of alkyl halides is 3. The number of amides is 1. The average molecular weight is 454 g/mol. The van der Waals surface area contributed by atoms with E-state index in [1.165, 1.54) is 0 Å². The van der Waals surface area contributed by atoms with Crippen molar-refractivity contribution in [2.75, 3.05) is 18.5 Å². The summed E-state index contributed by atoms with van der Waals surface area (Å²) in [6.45, 7) is 0.649. The SMILES string of the molecule is CN(c1cnc(C(F)(F)F)cn1)C1C[C@H]2CC1N(C(=O)c1ccccc1-c1ncccn1)C2. The number of piperidine rings is 1. The third-order valence-electron chi connectivity index (χ3n) is 6.46. The molecule has 1 saturated heterocycles. The lowest BCUT2D eigenvalue weighted by atomic mass is 10.0. The van der Waals surface area contributed by atoms with E-state index in [-0.39, 0.29) is 18.0 Å². The minimum Gasteiger partial charge on any atom is -0.353 e. The molecule has 5 rings (SSSR count). The second kappa shape index (κ2) is 8.09. The Morgan fingerprint density at radius 2 is 1.79 bits per heavy atom. The topological polar surface area (TPSA) is 75.1 Å². The van der Waals surface area contributed by atoms with Gasteiger partial charge in [0.25, 0.3) is 5.91 Å². The van der Waals surface area contributed by atoms with Crippen molar-refractivity contribution in [2.24, 2.45) is 5.92 Å². The molecule has 10 heteroatoms. The molecule has 1 saturated carbocycles. The minimum absolute atomic E-state index is 0.0566. The molecule has 1 aliphatic carbocycles. The molecule has 1 aliphatic heterocycles. The number of fused-ring (bicyclic) bond motifs is 2. The van der Waals surface area contributed by atoms with Gasteiger partial charge in [0.1, 0.15) is 5.82 Å². The predicted molar refractivity (Wildman–Crippen MR) is 114 cm³/mol. The molecular weight excluding hydrogens is 433 g/mol. The van der Waals surface area contributed by atoms with E-state index in [2.05, 4.69) is 19.9 Å². The van der Waals surface area contributed by atoms with Gasteiger partial charge in [0, 0.05) is 31.5 Å². The summed E-state index contributed by atoms with van der Waals surface area (Å²) in [5.41, 5.74) is 0.181. The van der Waals surface area contributed by atoms with E-state index in [0.29, 0.717) is 35.2 Å². The van der Waals surface area contributed by atoms with Crippen molar-refractivity contribution in [1.82, 2.24) is 24.8 Å². The summed E-state index contributed by atoms with van der Waals surface area (Å²) in [5.74, 6) is 1.07. The highest BCUT2D eigenvalue weighted by molar-refractivity contribution is 6.00. The Morgan fingerprint density at radius 3 is 2.45 bits per heavy atom. The Morgan fingerprint density at radius 1 is 1.03 bits per heavy atom. The van der Waals surface area contributed by atoms with Gasteiger partial charge in [-0.3, -0.25) is 4.79 Å². The Kier molecular flexibility index (Phi) is 5.22. The van der Waals surface area contributed by atoms with Gasteiger partial charge < -0.3 is 9.80 Å². The molecule has 33 heavy (non-hydrogen) atoms. The molecule has 0 spiro atoms. The summed E-state index contributed by atoms with van der Waals surface area (Å²) >= 11 is 0. The third kappa shape index (κ3) is 3.90. The smallest absolute Gasteiger partial charge is 0.353 e. The molecule has 0 N–H and O–H groups in total. The summed E-state index contributed by atoms with van der Waals surface area (Å²) in [6, 6.07) is 8.87. The lowest BCUT2D eigenvalue weighted by Crippen LogP contribution is -2.51. The fraction of sp³-hybridized carbons (Fsp3) is 0.348. The number of aromatic nitrogens is 4. The zero-order valence-corrected chi connectivity index (χ0v) is 17.8. The quantitative estimate of drug-likeness (QED) is 0.599. The lowest BCUT2D eigenvalue weighted by molar-refractivity contribution is -0.141. The van der Waals surface area contributed by atoms with E-state index in [1.54, 1.807) is 31.6 Å². The van der Waals surface area contributed by atoms with Crippen LogP contribution >= 0.6 is 0 Å². The van der Waals surface area contributed by atoms with Gasteiger partial charge in [0.15, 0.2) is 11.5 Å². The molecule has 2 unspecified atom stereocenters. The number of rotatable bonds is 4. The van der Waals surface area contributed by atoms with Gasteiger partial charge in [-0.25, -0.2) is 19.9 Å². The summed E-state index contributed by atoms with van der Waals surface area (Å²) in [6.07, 6.45) is 2.32. The van der Waals surface area contributed by atoms with Crippen LogP contribution in [0.3, 0.4) is 0 Å². The minimum atomic E-state index is -4.53. The van der Waals surface area contributed by atoms with E-state index in [9.17, 15) is 18.0 Å². The Bertz CT molecular complexity index is 1150. The zero-order chi connectivity index (χ0) is 23.2. The molecule has 3 aromatic rings. The first-order valence-electron chi connectivity index (χ1n) is 10.6. The zero-order valence-electron chi connectivity index (χ0n) is 17.8. The number of benzene rings is 1. The highest BCUT2D eigenvalue weighted by atomic mass is 19.4. The monoisotopic (exact) mass is 454 g/mol. The van der Waals surface area contributed by atoms with Crippen molar-refractivity contribution in [3.63, 3.8) is 0 Å². The fourth-order valence-corrected chi connectivity index (χ4v) is 4.92. The number of hydrogen-bond donors (Lipinski definition) is 0. The van der Waals surface area contributed by atoms with Crippen LogP contribution in [0.2, 0.25) is 0 Å². The maximum Gasteiger partial charge on any atom is 0.434 e. The highest BCUT2D eigenvalue weighted by Gasteiger charge is 2.49. The van der Waals surface area contributed by atoms with E-state index in [1.807, 2.05) is 28.0 Å². The van der Waals surface area contributed by atoms with Crippen molar-refractivity contribution in [1.29, 1.82) is 0 Å². The third-order valence-corrected chi connectivity index (χ3v) is 6.46. The second-order valence-corrected chi connectivity index (χ2v) is 8.42. The summed E-state index contributed by atoms with van der Waals surface area (Å²) in [4.78, 5) is 33.4. The summed E-state index contributed by atoms with van der Waals surface area (Å²) < 4.78 is 38.5. The number of nitrogens with zero attached hydrogens (tertiary/aromatic N) is 6. The molecule has 2 fully saturated rings. The van der Waals surface area contributed by atoms with Crippen LogP contribution in [0.1, 0.15) is 28.9 Å². The molecule has 2 aromatic heterocycles. The predicted octanol–water partition coefficient (Wildman–Crippen LogP) is 3.69. The number of anilines is 1. The second-order valence-electron chi connectivity index (χ2n) is 8.42. The first kappa shape index (κ1) is 21.3. The van der Waals surface area contributed by atoms with Crippen molar-refractivity contribution in [3.8, 4) is 11.4 Å². The molecule has 2 aliphatic rings. The number of carbonyl (C=O) groups excluding carboxylic acids is 1. The molecule has 2 bridgehead atoms. The van der Waals surface area contributed by atoms with Crippen LogP contribution < -0.4 is 4.90 Å². The molecule has 7 nitrogen and oxygen atoms in total. The van der Waals surface area contributed by atoms with Crippen molar-refractivity contribution >= 4 is 11.7 Å². The van der Waals surface area contributed by atoms with Gasteiger partial charge in [-0.05, 0) is 30.9 Å². The molecule has 0 radical (unpaired) electrons. The van der Waals surface area contributed by atoms with E-state index in [4.69, 9.17) is 0 Å². The molecule has 3 heterocycles. The standard InChI is InChI=1S/C23H21F3N6O/c1-31(20-12-29-19(11-30-20)23(24,25)26)17-9-14-10-18(17)32(13-14)22(33)16-6-3-2-5-15(16)21-27-7-4-8-28-21/h2-8,11-12,14,17-18H,9-10,13H2,1H3/t14-,17?,18?/m0/s1. The molecular formula is C23H21F3N6O. The molecule has 1 amide bonds. The summed E-state index contributed by atoms with van der Waals surface area (Å²) in [7, 11) is 1.79. The van der Waals surface area contributed by atoms with Crippen molar-refractivity contribution < 1.29 is 18.0 Å². The van der Waals surface area contributed by atoms with Gasteiger partial charge >= 0.3 is 6.18 Å². The molecule has 3 atom stereocenters. The highest BCUT2D eigenvalue weighted by Crippen LogP contribution is 2.42. The van der Waals surface area contributed by atoms with Crippen molar-refractivity contribution in [3.05, 3.63) is 66.4 Å². The Labute approximate surface area is 188 Å². The molecule has 170 valence electrons. The van der Waals surface area contributed by atoms with Gasteiger partial charge in [-0.2, -0.15) is 13.2 Å². The van der Waals surface area contributed by atoms with Crippen LogP contribution in [0, 0.1) is 5.92 Å². The maximum absolute atomic E-state index is 13.6. The number of likely N-dealkylation sites (tertiary alicyclic amines) is 1. The number of likely N-dealkylation sites (N-methyl/N-ethyl adjacent to an activating group) is 1. The number of carbonyl (C=O) groups is 1. The van der Waals surface area contributed by atoms with Gasteiger partial charge in [-0.15, -0.1) is 0 Å². The van der Waals surface area contributed by atoms with Crippen LogP contribution in [0.15, 0.2) is 55.1 Å². The first-order valence-corrected chi connectivity index (χ1v) is 10.6. The van der Waals surface area contributed by atoms with Crippen LogP contribution in [-0.2, 0) is 6.18 Å². The normalized spacial score (nSPS) is 21.9. The van der Waals surface area contributed by atoms with Gasteiger partial charge in [0.05, 0.1) is 30.0 Å². The number of hydrogen-bond acceptors (Lipinski definition) is 6. The van der Waals surface area contributed by atoms with Crippen LogP contribution in [0.5, 0.6) is 0 Å². The van der Waals surface area contributed by atoms with E-state index in [0.717, 1.165) is 25.2 Å². The first-order chi connectivity index (χ1) is 15.8. The fourth-order valence-electron chi connectivity index (χ4n) is 4.92. The van der Waals surface area contributed by atoms with Crippen molar-refractivity contribution in [2.45, 2.75) is 31.1 Å². The Balaban J connectivity index is 1.39. The average Bonchev–Trinajstić information content (AvgIpc) is 3.45. The van der Waals surface area contributed by atoms with Crippen LogP contribution in [0.25, 0.3) is 11.4 Å². The van der Waals surface area contributed by atoms with Gasteiger partial charge in [-0.1, -0.05) is 18.2 Å². The Hall–Kier alpha value is -3.56. The lowest BCUT2D eigenvalue weighted by Gasteiger charge is -2.38. The largest absolute Gasteiger partial charge is 0.434 e. The summed E-state index contributed by atoms with van der Waals surface area (Å²) in [5, 5.41) is 0. The van der Waals surface area contributed by atoms with E-state index >= 15 is 0 Å². The maximum atomic E-state index is 13.6. The van der Waals surface area contributed by atoms with Crippen LogP contribution in [0.4, 0.5) is 19.0 Å². The molecule has 1 aromatic carbocycles. The van der Waals surface area contributed by atoms with E-state index < -0.39 is 11.9 Å².